The highest BCUT2D eigenvalue weighted by Gasteiger charge is 2.20. The second-order valence-corrected chi connectivity index (χ2v) is 6.91. The smallest absolute Gasteiger partial charge is 0.185 e. The van der Waals surface area contributed by atoms with Crippen LogP contribution in [0.1, 0.15) is 49.2 Å². The van der Waals surface area contributed by atoms with Gasteiger partial charge in [0.05, 0.1) is 6.61 Å². The molecule has 0 unspecified atom stereocenters. The number of rotatable bonds is 5. The minimum atomic E-state index is -0.224. The average molecular weight is 339 g/mol. The molecule has 0 bridgehead atoms. The first-order chi connectivity index (χ1) is 11.7. The van der Waals surface area contributed by atoms with E-state index in [-0.39, 0.29) is 16.9 Å². The summed E-state index contributed by atoms with van der Waals surface area (Å²) in [7, 11) is 0. The molecule has 0 amide bonds. The Bertz CT molecular complexity index is 784. The van der Waals surface area contributed by atoms with Gasteiger partial charge in [-0.05, 0) is 54.8 Å². The summed E-state index contributed by atoms with van der Waals surface area (Å²) in [6, 6.07) is 10.3. The van der Waals surface area contributed by atoms with Crippen LogP contribution in [0.3, 0.4) is 0 Å². The molecule has 0 saturated heterocycles. The van der Waals surface area contributed by atoms with Crippen LogP contribution in [0, 0.1) is 0 Å². The number of aromatic hydroxyl groups is 1. The summed E-state index contributed by atoms with van der Waals surface area (Å²) < 4.78 is 5.60. The number of ketones is 1. The van der Waals surface area contributed by atoms with E-state index in [1.54, 1.807) is 36.4 Å². The first-order valence-electron chi connectivity index (χ1n) is 8.30. The fourth-order valence-electron chi connectivity index (χ4n) is 2.51. The molecular weight excluding hydrogens is 314 g/mol. The Morgan fingerprint density at radius 1 is 1.20 bits per heavy atom. The normalized spacial score (nSPS) is 11.7. The summed E-state index contributed by atoms with van der Waals surface area (Å²) >= 11 is 0. The van der Waals surface area contributed by atoms with E-state index in [2.05, 4.69) is 0 Å². The minimum Gasteiger partial charge on any atom is -0.508 e. The predicted molar refractivity (Wildman–Crippen MR) is 102 cm³/mol. The molecule has 0 aliphatic heterocycles. The molecule has 0 atom stereocenters. The molecular formula is C21H25NO3. The number of nitrogens with two attached hydrogens (primary N) is 1. The molecule has 2 aromatic carbocycles. The monoisotopic (exact) mass is 339 g/mol. The van der Waals surface area contributed by atoms with E-state index in [0.717, 1.165) is 11.1 Å². The Morgan fingerprint density at radius 2 is 1.84 bits per heavy atom. The van der Waals surface area contributed by atoms with Crippen LogP contribution in [0.4, 0.5) is 5.69 Å². The van der Waals surface area contributed by atoms with Crippen LogP contribution in [-0.2, 0) is 5.41 Å². The number of hydrogen-bond acceptors (Lipinski definition) is 4. The maximum absolute atomic E-state index is 12.3. The van der Waals surface area contributed by atoms with Gasteiger partial charge in [0.2, 0.25) is 0 Å². The molecule has 25 heavy (non-hydrogen) atoms. The van der Waals surface area contributed by atoms with Crippen molar-refractivity contribution in [2.45, 2.75) is 33.1 Å². The molecule has 0 spiro atoms. The third-order valence-corrected chi connectivity index (χ3v) is 3.85. The van der Waals surface area contributed by atoms with E-state index in [1.165, 1.54) is 6.08 Å². The summed E-state index contributed by atoms with van der Waals surface area (Å²) in [5.41, 5.74) is 8.17. The van der Waals surface area contributed by atoms with Crippen molar-refractivity contribution in [1.29, 1.82) is 0 Å². The van der Waals surface area contributed by atoms with Gasteiger partial charge in [0.25, 0.3) is 0 Å². The lowest BCUT2D eigenvalue weighted by atomic mass is 9.85. The van der Waals surface area contributed by atoms with Crippen molar-refractivity contribution in [3.63, 3.8) is 0 Å². The predicted octanol–water partition coefficient (Wildman–Crippen LogP) is 4.57. The zero-order valence-corrected chi connectivity index (χ0v) is 15.2. The highest BCUT2D eigenvalue weighted by molar-refractivity contribution is 6.07. The third kappa shape index (κ3) is 4.63. The van der Waals surface area contributed by atoms with Crippen LogP contribution in [0.15, 0.2) is 42.5 Å². The van der Waals surface area contributed by atoms with Gasteiger partial charge < -0.3 is 15.6 Å². The fourth-order valence-corrected chi connectivity index (χ4v) is 2.51. The van der Waals surface area contributed by atoms with Crippen LogP contribution in [0.25, 0.3) is 6.08 Å². The summed E-state index contributed by atoms with van der Waals surface area (Å²) in [5, 5.41) is 10.3. The number of carbonyl (C=O) groups is 1. The summed E-state index contributed by atoms with van der Waals surface area (Å²) in [6.07, 6.45) is 3.23. The number of nitrogen functional groups attached to an aromatic ring is 1. The number of carbonyl (C=O) groups excluding carboxylic acids is 1. The lowest BCUT2D eigenvalue weighted by molar-refractivity contribution is 0.104. The van der Waals surface area contributed by atoms with Gasteiger partial charge >= 0.3 is 0 Å². The number of phenolic OH excluding ortho intramolecular Hbond substituents is 1. The van der Waals surface area contributed by atoms with Gasteiger partial charge in [-0.25, -0.2) is 0 Å². The lowest BCUT2D eigenvalue weighted by Crippen LogP contribution is -2.12. The molecule has 4 nitrogen and oxygen atoms in total. The average Bonchev–Trinajstić information content (AvgIpc) is 2.53. The Kier molecular flexibility index (Phi) is 5.52. The minimum absolute atomic E-state index is 0.118. The van der Waals surface area contributed by atoms with E-state index in [9.17, 15) is 9.90 Å². The summed E-state index contributed by atoms with van der Waals surface area (Å²) in [5.74, 6) is 0.625. The van der Waals surface area contributed by atoms with Gasteiger partial charge in [-0.15, -0.1) is 0 Å². The van der Waals surface area contributed by atoms with Crippen LogP contribution in [-0.4, -0.2) is 17.5 Å². The zero-order valence-electron chi connectivity index (χ0n) is 15.2. The van der Waals surface area contributed by atoms with Crippen LogP contribution in [0.5, 0.6) is 11.5 Å². The van der Waals surface area contributed by atoms with E-state index < -0.39 is 0 Å². The second kappa shape index (κ2) is 7.43. The topological polar surface area (TPSA) is 72.5 Å². The van der Waals surface area contributed by atoms with Gasteiger partial charge in [-0.1, -0.05) is 20.8 Å². The Morgan fingerprint density at radius 3 is 2.40 bits per heavy atom. The Hall–Kier alpha value is -2.75. The molecule has 3 N–H and O–H groups in total. The number of ether oxygens (including phenoxy) is 1. The Balaban J connectivity index is 2.38. The Labute approximate surface area is 148 Å². The summed E-state index contributed by atoms with van der Waals surface area (Å²) in [4.78, 5) is 12.3. The van der Waals surface area contributed by atoms with Crippen LogP contribution < -0.4 is 10.5 Å². The number of benzene rings is 2. The fraction of sp³-hybridized carbons (Fsp3) is 0.286. The molecule has 0 radical (unpaired) electrons. The van der Waals surface area contributed by atoms with Crippen molar-refractivity contribution in [3.05, 3.63) is 59.2 Å². The number of allylic oxidation sites excluding steroid dienone is 1. The number of phenols is 1. The van der Waals surface area contributed by atoms with E-state index in [1.807, 2.05) is 33.8 Å². The van der Waals surface area contributed by atoms with Crippen molar-refractivity contribution in [2.75, 3.05) is 12.3 Å². The largest absolute Gasteiger partial charge is 0.508 e. The van der Waals surface area contributed by atoms with Crippen molar-refractivity contribution >= 4 is 17.5 Å². The zero-order chi connectivity index (χ0) is 18.6. The first kappa shape index (κ1) is 18.6. The van der Waals surface area contributed by atoms with Crippen molar-refractivity contribution < 1.29 is 14.6 Å². The van der Waals surface area contributed by atoms with Gasteiger partial charge in [-0.3, -0.25) is 4.79 Å². The van der Waals surface area contributed by atoms with E-state index in [4.69, 9.17) is 10.5 Å². The van der Waals surface area contributed by atoms with Gasteiger partial charge in [0.15, 0.2) is 5.78 Å². The highest BCUT2D eigenvalue weighted by Crippen LogP contribution is 2.36. The third-order valence-electron chi connectivity index (χ3n) is 3.85. The van der Waals surface area contributed by atoms with Crippen molar-refractivity contribution in [3.8, 4) is 11.5 Å². The van der Waals surface area contributed by atoms with Crippen molar-refractivity contribution in [1.82, 2.24) is 0 Å². The highest BCUT2D eigenvalue weighted by atomic mass is 16.5. The maximum atomic E-state index is 12.3. The molecule has 0 aromatic heterocycles. The molecule has 2 rings (SSSR count). The second-order valence-electron chi connectivity index (χ2n) is 6.91. The molecule has 0 heterocycles. The number of anilines is 1. The molecule has 4 heteroatoms. The van der Waals surface area contributed by atoms with E-state index in [0.29, 0.717) is 23.6 Å². The van der Waals surface area contributed by atoms with Gasteiger partial charge in [0, 0.05) is 28.4 Å². The molecule has 0 aliphatic rings. The molecule has 0 aliphatic carbocycles. The molecule has 0 saturated carbocycles. The quantitative estimate of drug-likeness (QED) is 0.475. The molecule has 132 valence electrons. The first-order valence-corrected chi connectivity index (χ1v) is 8.30. The van der Waals surface area contributed by atoms with Crippen LogP contribution in [0.2, 0.25) is 0 Å². The summed E-state index contributed by atoms with van der Waals surface area (Å²) in [6.45, 7) is 8.42. The van der Waals surface area contributed by atoms with E-state index >= 15 is 0 Å². The molecule has 0 fully saturated rings. The van der Waals surface area contributed by atoms with Crippen LogP contribution >= 0.6 is 0 Å². The lowest BCUT2D eigenvalue weighted by Gasteiger charge is -2.22. The number of hydrogen-bond donors (Lipinski definition) is 2. The standard InChI is InChI=1S/C21H25NO3/c1-5-25-20-13-19(24)17(21(2,3)4)12-15(20)8-11-18(23)14-6-9-16(22)10-7-14/h6-13,24H,5,22H2,1-4H3/b11-8+. The van der Waals surface area contributed by atoms with Gasteiger partial charge in [-0.2, -0.15) is 0 Å². The van der Waals surface area contributed by atoms with Gasteiger partial charge in [0.1, 0.15) is 11.5 Å². The van der Waals surface area contributed by atoms with Crippen molar-refractivity contribution in [2.24, 2.45) is 0 Å². The molecule has 2 aromatic rings. The maximum Gasteiger partial charge on any atom is 0.185 e. The SMILES string of the molecule is CCOc1cc(O)c(C(C)(C)C)cc1/C=C/C(=O)c1ccc(N)cc1.